The Bertz CT molecular complexity index is 580. The van der Waals surface area contributed by atoms with Crippen molar-refractivity contribution in [3.8, 4) is 0 Å². The fourth-order valence-electron chi connectivity index (χ4n) is 2.63. The minimum Gasteiger partial charge on any atom is -0.351 e. The van der Waals surface area contributed by atoms with Gasteiger partial charge in [-0.25, -0.2) is 8.78 Å². The van der Waals surface area contributed by atoms with Crippen molar-refractivity contribution in [1.29, 1.82) is 0 Å². The molecule has 2 nitrogen and oxygen atoms in total. The monoisotopic (exact) mass is 499 g/mol. The molecule has 0 aromatic carbocycles. The van der Waals surface area contributed by atoms with Crippen LogP contribution in [0.4, 0.5) is 52.7 Å². The van der Waals surface area contributed by atoms with Gasteiger partial charge in [-0.3, -0.25) is 4.79 Å². The first kappa shape index (κ1) is 30.6. The Kier molecular flexibility index (Phi) is 11.2. The third-order valence-corrected chi connectivity index (χ3v) is 4.73. The van der Waals surface area contributed by atoms with Crippen molar-refractivity contribution < 1.29 is 57.5 Å². The molecule has 0 aliphatic carbocycles. The number of carbonyl (C=O) groups excluding carboxylic acids is 1. The van der Waals surface area contributed by atoms with E-state index in [9.17, 15) is 57.5 Å². The molecule has 0 aliphatic rings. The largest absolute Gasteiger partial charge is 0.392 e. The number of carbonyl (C=O) groups is 1. The highest BCUT2D eigenvalue weighted by atomic mass is 19.4. The van der Waals surface area contributed by atoms with Crippen LogP contribution in [0, 0.1) is 0 Å². The van der Waals surface area contributed by atoms with Gasteiger partial charge in [-0.15, -0.1) is 0 Å². The number of alkyl halides is 12. The summed E-state index contributed by atoms with van der Waals surface area (Å²) in [7, 11) is 0. The van der Waals surface area contributed by atoms with Crippen molar-refractivity contribution in [1.82, 2.24) is 5.32 Å². The second-order valence-electron chi connectivity index (χ2n) is 7.31. The SMILES string of the molecule is CCCCCCCCCCCNC(=O)C(F)(F)C(F)(F)C(F)(F)C(F)(F)C(F)(F)C(F)F. The summed E-state index contributed by atoms with van der Waals surface area (Å²) in [4.78, 5) is 11.2. The molecule has 0 atom stereocenters. The van der Waals surface area contributed by atoms with Crippen molar-refractivity contribution >= 4 is 5.91 Å². The fraction of sp³-hybridized carbons (Fsp3) is 0.944. The van der Waals surface area contributed by atoms with Crippen LogP contribution in [0.1, 0.15) is 64.7 Å². The van der Waals surface area contributed by atoms with Crippen LogP contribution in [0.3, 0.4) is 0 Å². The van der Waals surface area contributed by atoms with Crippen molar-refractivity contribution in [2.75, 3.05) is 6.54 Å². The van der Waals surface area contributed by atoms with E-state index in [1.165, 1.54) is 0 Å². The molecule has 0 radical (unpaired) electrons. The summed E-state index contributed by atoms with van der Waals surface area (Å²) in [6.07, 6.45) is 1.04. The van der Waals surface area contributed by atoms with Crippen LogP contribution >= 0.6 is 0 Å². The lowest BCUT2D eigenvalue weighted by Crippen LogP contribution is -2.70. The lowest BCUT2D eigenvalue weighted by atomic mass is 9.94. The smallest absolute Gasteiger partial charge is 0.351 e. The molecule has 0 rings (SSSR count). The summed E-state index contributed by atoms with van der Waals surface area (Å²) in [5.74, 6) is -39.5. The van der Waals surface area contributed by atoms with Crippen LogP contribution in [0.2, 0.25) is 0 Å². The Labute approximate surface area is 177 Å². The molecule has 1 N–H and O–H groups in total. The van der Waals surface area contributed by atoms with Gasteiger partial charge < -0.3 is 5.32 Å². The van der Waals surface area contributed by atoms with E-state index in [4.69, 9.17) is 0 Å². The molecule has 32 heavy (non-hydrogen) atoms. The maximum Gasteiger partial charge on any atom is 0.392 e. The summed E-state index contributed by atoms with van der Waals surface area (Å²) >= 11 is 0. The van der Waals surface area contributed by atoms with Crippen molar-refractivity contribution in [2.24, 2.45) is 0 Å². The first-order chi connectivity index (χ1) is 14.4. The number of amides is 1. The molecule has 0 spiro atoms. The van der Waals surface area contributed by atoms with Gasteiger partial charge in [0, 0.05) is 6.54 Å². The zero-order chi connectivity index (χ0) is 25.4. The molecule has 0 heterocycles. The molecule has 0 fully saturated rings. The van der Waals surface area contributed by atoms with Gasteiger partial charge in [0.25, 0.3) is 5.91 Å². The highest BCUT2D eigenvalue weighted by Gasteiger charge is 2.89. The molecule has 1 amide bonds. The van der Waals surface area contributed by atoms with Crippen molar-refractivity contribution in [3.05, 3.63) is 0 Å². The molecule has 192 valence electrons. The van der Waals surface area contributed by atoms with E-state index >= 15 is 0 Å². The standard InChI is InChI=1S/C18H25F12NO/c1-2-3-4-5-6-7-8-9-10-11-31-13(32)15(23,24)17(27,28)18(29,30)16(25,26)14(21,22)12(19)20/h12H,2-11H2,1H3,(H,31,32). The number of halogens is 12. The number of hydrogen-bond acceptors (Lipinski definition) is 1. The van der Waals surface area contributed by atoms with Crippen LogP contribution in [0.25, 0.3) is 0 Å². The molecule has 0 aromatic heterocycles. The summed E-state index contributed by atoms with van der Waals surface area (Å²) in [5, 5.41) is 1.15. The maximum atomic E-state index is 13.6. The van der Waals surface area contributed by atoms with Gasteiger partial charge in [0.2, 0.25) is 0 Å². The second kappa shape index (κ2) is 11.7. The van der Waals surface area contributed by atoms with Crippen LogP contribution in [0.15, 0.2) is 0 Å². The van der Waals surface area contributed by atoms with Crippen LogP contribution in [-0.4, -0.2) is 48.5 Å². The Balaban J connectivity index is 4.95. The van der Waals surface area contributed by atoms with Crippen molar-refractivity contribution in [2.45, 2.75) is 101 Å². The lowest BCUT2D eigenvalue weighted by Gasteiger charge is -2.38. The minimum atomic E-state index is -7.70. The highest BCUT2D eigenvalue weighted by molar-refractivity contribution is 5.84. The molecule has 0 aromatic rings. The summed E-state index contributed by atoms with van der Waals surface area (Å²) in [6, 6.07) is 0. The topological polar surface area (TPSA) is 29.1 Å². The predicted molar refractivity (Wildman–Crippen MR) is 91.0 cm³/mol. The van der Waals surface area contributed by atoms with E-state index in [-0.39, 0.29) is 6.42 Å². The average Bonchev–Trinajstić information content (AvgIpc) is 2.68. The minimum absolute atomic E-state index is 0.0433. The van der Waals surface area contributed by atoms with Gasteiger partial charge >= 0.3 is 36.0 Å². The Morgan fingerprint density at radius 1 is 0.656 bits per heavy atom. The first-order valence-corrected chi connectivity index (χ1v) is 9.88. The van der Waals surface area contributed by atoms with E-state index in [1.54, 1.807) is 0 Å². The van der Waals surface area contributed by atoms with E-state index < -0.39 is 48.5 Å². The second-order valence-corrected chi connectivity index (χ2v) is 7.31. The van der Waals surface area contributed by atoms with Gasteiger partial charge in [0.15, 0.2) is 0 Å². The quantitative estimate of drug-likeness (QED) is 0.179. The molecule has 0 saturated carbocycles. The molecule has 0 unspecified atom stereocenters. The average molecular weight is 499 g/mol. The van der Waals surface area contributed by atoms with E-state index in [1.807, 2.05) is 6.92 Å². The van der Waals surface area contributed by atoms with Gasteiger partial charge in [-0.2, -0.15) is 43.9 Å². The fourth-order valence-corrected chi connectivity index (χ4v) is 2.63. The molecular formula is C18H25F12NO. The highest BCUT2D eigenvalue weighted by Crippen LogP contribution is 2.58. The van der Waals surface area contributed by atoms with E-state index in [0.717, 1.165) is 43.8 Å². The molecular weight excluding hydrogens is 474 g/mol. The van der Waals surface area contributed by atoms with E-state index in [0.29, 0.717) is 12.8 Å². The molecule has 0 saturated heterocycles. The maximum absolute atomic E-state index is 13.6. The summed E-state index contributed by atoms with van der Waals surface area (Å²) in [5.41, 5.74) is 0. The number of hydrogen-bond donors (Lipinski definition) is 1. The third-order valence-electron chi connectivity index (χ3n) is 4.73. The summed E-state index contributed by atoms with van der Waals surface area (Å²) < 4.78 is 157. The van der Waals surface area contributed by atoms with Gasteiger partial charge in [-0.1, -0.05) is 58.3 Å². The Morgan fingerprint density at radius 2 is 1.06 bits per heavy atom. The molecule has 0 bridgehead atoms. The van der Waals surface area contributed by atoms with Crippen LogP contribution in [0.5, 0.6) is 0 Å². The summed E-state index contributed by atoms with van der Waals surface area (Å²) in [6.45, 7) is 1.31. The zero-order valence-corrected chi connectivity index (χ0v) is 17.1. The molecule has 14 heteroatoms. The van der Waals surface area contributed by atoms with Crippen LogP contribution in [-0.2, 0) is 4.79 Å². The number of unbranched alkanes of at least 4 members (excludes halogenated alkanes) is 8. The van der Waals surface area contributed by atoms with Gasteiger partial charge in [0.05, 0.1) is 0 Å². The molecule has 0 aliphatic heterocycles. The Morgan fingerprint density at radius 3 is 1.47 bits per heavy atom. The number of nitrogens with one attached hydrogen (secondary N) is 1. The Hall–Kier alpha value is -1.37. The number of rotatable bonds is 16. The van der Waals surface area contributed by atoms with E-state index in [2.05, 4.69) is 0 Å². The van der Waals surface area contributed by atoms with Gasteiger partial charge in [-0.05, 0) is 6.42 Å². The predicted octanol–water partition coefficient (Wildman–Crippen LogP) is 7.08. The zero-order valence-electron chi connectivity index (χ0n) is 17.1. The third kappa shape index (κ3) is 6.36. The normalized spacial score (nSPS) is 14.2. The van der Waals surface area contributed by atoms with Crippen LogP contribution < -0.4 is 5.32 Å². The van der Waals surface area contributed by atoms with Crippen molar-refractivity contribution in [3.63, 3.8) is 0 Å². The lowest BCUT2D eigenvalue weighted by molar-refractivity contribution is -0.407. The first-order valence-electron chi connectivity index (χ1n) is 9.88. The van der Waals surface area contributed by atoms with Gasteiger partial charge in [0.1, 0.15) is 0 Å².